The van der Waals surface area contributed by atoms with E-state index in [1.165, 1.54) is 20.0 Å². The van der Waals surface area contributed by atoms with E-state index in [0.29, 0.717) is 105 Å². The van der Waals surface area contributed by atoms with Crippen molar-refractivity contribution in [2.24, 2.45) is 41.4 Å². The highest BCUT2D eigenvalue weighted by Crippen LogP contribution is 2.45. The van der Waals surface area contributed by atoms with Gasteiger partial charge >= 0.3 is 41.2 Å². The van der Waals surface area contributed by atoms with Crippen molar-refractivity contribution < 1.29 is 70.9 Å². The summed E-state index contributed by atoms with van der Waals surface area (Å²) >= 11 is -2.03. The maximum absolute atomic E-state index is 14.2. The Balaban J connectivity index is 0.000000203. The van der Waals surface area contributed by atoms with Crippen LogP contribution in [0.25, 0.3) is 43.8 Å². The van der Waals surface area contributed by atoms with Gasteiger partial charge in [-0.15, -0.1) is 0 Å². The lowest BCUT2D eigenvalue weighted by Gasteiger charge is -2.37. The zero-order chi connectivity index (χ0) is 76.2. The number of H-pyrrole nitrogens is 2. The molecule has 2 saturated carbocycles. The molecule has 30 nitrogen and oxygen atoms in total. The Morgan fingerprint density at radius 3 is 1.67 bits per heavy atom. The van der Waals surface area contributed by atoms with Crippen LogP contribution in [0.2, 0.25) is 0 Å². The summed E-state index contributed by atoms with van der Waals surface area (Å²) in [5.41, 5.74) is 3.47. The lowest BCUT2D eigenvalue weighted by atomic mass is 9.75. The van der Waals surface area contributed by atoms with Gasteiger partial charge in [0, 0.05) is 76.5 Å². The third-order valence-electron chi connectivity index (χ3n) is 20.8. The first-order valence-corrected chi connectivity index (χ1v) is 37.0. The standard InChI is InChI=1S/C43H47N7O7S.C33H39N7O9/c1-25-13-14-27(3)35(23-25)57-58(54)47-33-24-32(15-16-34(33)49-19-17-48(18-20-49)30(6)51)39-45-40-36(43(53)55-38-28(4)21-26(2)22-29(38)5)37(44-7)41(50(40)46-39)56-42(52)31-11-9-8-10-12-31;1-18-15-19(2)27(20(3)16-18)48-32(43)25-26(34-4)30(49-33(44)38-11-13-47-14-12-38)39-29(25)35-28(36-39)22-5-6-23(24(17-22)40(45)46)37-9-7-21(8-10-37)31(41)42/h8-16,23-24,26,28-29,38,47H,17-22H2,1-6H3,(H,45,46);5-6,17-21,27H,7-16H2,1-3H3,(H,35,36)(H,41,42). The Kier molecular flexibility index (Phi) is 22.7. The summed E-state index contributed by atoms with van der Waals surface area (Å²) in [5.74, 6) is -1.88. The fourth-order valence-corrected chi connectivity index (χ4v) is 16.3. The first-order chi connectivity index (χ1) is 51.3. The van der Waals surface area contributed by atoms with Crippen molar-refractivity contribution in [3.8, 4) is 40.3 Å². The van der Waals surface area contributed by atoms with Crippen LogP contribution < -0.4 is 28.2 Å². The molecule has 0 bridgehead atoms. The van der Waals surface area contributed by atoms with Crippen LogP contribution in [0.5, 0.6) is 17.5 Å². The number of hydrogen-bond donors (Lipinski definition) is 4. The number of nitro groups is 1. The van der Waals surface area contributed by atoms with Crippen LogP contribution in [-0.4, -0.2) is 167 Å². The molecule has 3 saturated heterocycles. The second kappa shape index (κ2) is 32.2. The number of carbonyl (C=O) groups is 6. The van der Waals surface area contributed by atoms with Crippen LogP contribution in [0.15, 0.2) is 84.9 Å². The van der Waals surface area contributed by atoms with Gasteiger partial charge in [-0.3, -0.25) is 34.6 Å². The Morgan fingerprint density at radius 1 is 0.645 bits per heavy atom. The predicted octanol–water partition coefficient (Wildman–Crippen LogP) is 12.8. The quantitative estimate of drug-likeness (QED) is 0.0285. The number of carboxylic acid groups (broad SMARTS) is 1. The van der Waals surface area contributed by atoms with Gasteiger partial charge in [0.15, 0.2) is 22.9 Å². The van der Waals surface area contributed by atoms with Crippen LogP contribution in [0, 0.1) is 78.5 Å². The molecule has 5 atom stereocenters. The third-order valence-corrected chi connectivity index (χ3v) is 21.5. The number of nitrogens with one attached hydrogen (secondary N) is 3. The minimum Gasteiger partial charge on any atom is -0.481 e. The number of ether oxygens (including phenoxy) is 5. The maximum atomic E-state index is 14.2. The van der Waals surface area contributed by atoms with Gasteiger partial charge in [0.1, 0.15) is 34.8 Å². The number of aromatic nitrogens is 6. The number of aryl methyl sites for hydroxylation is 2. The Morgan fingerprint density at radius 2 is 1.16 bits per heavy atom. The van der Waals surface area contributed by atoms with Gasteiger partial charge in [-0.05, 0) is 148 Å². The first kappa shape index (κ1) is 75.4. The first-order valence-electron chi connectivity index (χ1n) is 35.9. The lowest BCUT2D eigenvalue weighted by molar-refractivity contribution is -0.384. The highest BCUT2D eigenvalue weighted by Gasteiger charge is 2.41. The number of nitrogens with zero attached hydrogens (tertiary/aromatic N) is 11. The molecule has 4 N–H and O–H groups in total. The zero-order valence-electron chi connectivity index (χ0n) is 61.0. The molecule has 3 aliphatic heterocycles. The van der Waals surface area contributed by atoms with E-state index in [1.807, 2.05) is 58.0 Å². The van der Waals surface area contributed by atoms with E-state index in [9.17, 15) is 48.2 Å². The average molecular weight is 1480 g/mol. The number of aromatic amines is 2. The topological polar surface area (TPSA) is 338 Å². The van der Waals surface area contributed by atoms with Crippen molar-refractivity contribution in [1.29, 1.82) is 0 Å². The van der Waals surface area contributed by atoms with Crippen LogP contribution in [0.3, 0.4) is 0 Å². The molecule has 5 aliphatic rings. The zero-order valence-corrected chi connectivity index (χ0v) is 61.8. The van der Waals surface area contributed by atoms with E-state index in [1.54, 1.807) is 65.3 Å². The van der Waals surface area contributed by atoms with Crippen molar-refractivity contribution in [1.82, 2.24) is 39.0 Å². The smallest absolute Gasteiger partial charge is 0.415 e. The molecule has 562 valence electrons. The van der Waals surface area contributed by atoms with Crippen molar-refractivity contribution in [3.63, 3.8) is 0 Å². The lowest BCUT2D eigenvalue weighted by Crippen LogP contribution is -2.48. The molecule has 13 rings (SSSR count). The molecule has 0 spiro atoms. The highest BCUT2D eigenvalue weighted by molar-refractivity contribution is 7.82. The predicted molar refractivity (Wildman–Crippen MR) is 396 cm³/mol. The van der Waals surface area contributed by atoms with Gasteiger partial charge in [-0.1, -0.05) is 71.9 Å². The van der Waals surface area contributed by atoms with Crippen LogP contribution in [0.1, 0.15) is 129 Å². The molecule has 4 aromatic heterocycles. The fraction of sp³-hybridized carbons (Fsp3) is 0.447. The Hall–Kier alpha value is -11.3. The number of anilines is 3. The van der Waals surface area contributed by atoms with Crippen LogP contribution in [0.4, 0.5) is 38.9 Å². The number of morpholine rings is 1. The van der Waals surface area contributed by atoms with Crippen molar-refractivity contribution in [2.45, 2.75) is 113 Å². The largest absolute Gasteiger partial charge is 0.481 e. The fourth-order valence-electron chi connectivity index (χ4n) is 15.6. The number of nitro benzene ring substituents is 1. The number of aliphatic carboxylic acids is 1. The summed E-state index contributed by atoms with van der Waals surface area (Å²) < 4.78 is 54.2. The SMILES string of the molecule is [C-]#[N+]c1c(C(=O)OC2C(C)CC(C)CC2C)c2nc(-c3ccc(N4CCC(C(=O)O)CC4)c([N+](=O)[O-])c3)[nH]n2c1OC(=O)N1CCOCC1.[C-]#[N+]c1c(C(=O)OC2C(C)CC(C)CC2C)c2nc(-c3ccc(N4CCN(C(C)=O)CC4)c(NS(=O)Oc4cc(C)ccc4C)c3)[nH]n2c1OC(=O)c1ccccc1. The monoisotopic (exact) mass is 1480 g/mol. The molecule has 4 aromatic carbocycles. The summed E-state index contributed by atoms with van der Waals surface area (Å²) in [7, 11) is 0. The van der Waals surface area contributed by atoms with E-state index in [4.69, 9.17) is 46.0 Å². The van der Waals surface area contributed by atoms with Gasteiger partial charge in [0.05, 0.1) is 54.1 Å². The van der Waals surface area contributed by atoms with E-state index in [2.05, 4.69) is 62.2 Å². The van der Waals surface area contributed by atoms with Crippen LogP contribution >= 0.6 is 0 Å². The number of esters is 3. The summed E-state index contributed by atoms with van der Waals surface area (Å²) in [4.78, 5) is 114. The highest BCUT2D eigenvalue weighted by atomic mass is 32.2. The van der Waals surface area contributed by atoms with Crippen molar-refractivity contribution in [2.75, 3.05) is 80.1 Å². The van der Waals surface area contributed by atoms with Crippen molar-refractivity contribution >= 4 is 92.6 Å². The maximum Gasteiger partial charge on any atom is 0.415 e. The number of fused-ring (bicyclic) bond motifs is 2. The number of benzene rings is 4. The molecule has 7 heterocycles. The normalized spacial score (nSPS) is 21.4. The van der Waals surface area contributed by atoms with E-state index < -0.39 is 58.2 Å². The average Bonchev–Trinajstić information content (AvgIpc) is 1.59. The molecule has 0 radical (unpaired) electrons. The summed E-state index contributed by atoms with van der Waals surface area (Å²) in [6, 6.07) is 24.0. The van der Waals surface area contributed by atoms with Crippen LogP contribution in [-0.2, 0) is 35.1 Å². The second-order valence-corrected chi connectivity index (χ2v) is 29.6. The number of amides is 2. The Bertz CT molecular complexity index is 4810. The number of carbonyl (C=O) groups excluding carboxylic acids is 5. The second-order valence-electron chi connectivity index (χ2n) is 28.7. The van der Waals surface area contributed by atoms with E-state index in [0.717, 1.165) is 42.5 Å². The molecular weight excluding hydrogens is 1400 g/mol. The van der Waals surface area contributed by atoms with E-state index in [-0.39, 0.29) is 117 Å². The summed E-state index contributed by atoms with van der Waals surface area (Å²) in [6.07, 6.45) is 2.77. The molecule has 2 aliphatic carbocycles. The molecule has 2 amide bonds. The molecule has 5 fully saturated rings. The van der Waals surface area contributed by atoms with Crippen molar-refractivity contribution in [3.05, 3.63) is 146 Å². The molecule has 31 heteroatoms. The number of hydrogen-bond acceptors (Lipinski definition) is 19. The van der Waals surface area contributed by atoms with Gasteiger partial charge in [-0.25, -0.2) is 47.9 Å². The third kappa shape index (κ3) is 16.3. The molecule has 8 aromatic rings. The minimum absolute atomic E-state index is 0.00130. The number of rotatable bonds is 17. The van der Waals surface area contributed by atoms with E-state index >= 15 is 0 Å². The number of carboxylic acids is 1. The van der Waals surface area contributed by atoms with Gasteiger partial charge in [0.25, 0.3) is 17.1 Å². The van der Waals surface area contributed by atoms with Gasteiger partial charge < -0.3 is 52.6 Å². The molecular formula is C76H86N14O16S. The molecule has 107 heavy (non-hydrogen) atoms. The Labute approximate surface area is 620 Å². The molecule has 5 unspecified atom stereocenters. The number of piperazine rings is 1. The number of piperidine rings is 1. The van der Waals surface area contributed by atoms with Gasteiger partial charge in [-0.2, -0.15) is 4.21 Å². The van der Waals surface area contributed by atoms with Gasteiger partial charge in [0.2, 0.25) is 17.7 Å². The summed E-state index contributed by atoms with van der Waals surface area (Å²) in [6.45, 7) is 38.0. The summed E-state index contributed by atoms with van der Waals surface area (Å²) in [5, 5.41) is 27.7. The minimum atomic E-state index is -2.03.